The van der Waals surface area contributed by atoms with Crippen LogP contribution in [0.4, 0.5) is 23.4 Å². The lowest BCUT2D eigenvalue weighted by Crippen LogP contribution is -2.19. The third kappa shape index (κ3) is 3.97. The summed E-state index contributed by atoms with van der Waals surface area (Å²) in [6.45, 7) is 0.472. The fraction of sp³-hybridized carbons (Fsp3) is 0.261. The van der Waals surface area contributed by atoms with E-state index in [0.717, 1.165) is 10.2 Å². The van der Waals surface area contributed by atoms with Crippen LogP contribution in [-0.4, -0.2) is 30.7 Å². The number of aromatic nitrogens is 5. The quantitative estimate of drug-likeness (QED) is 0.407. The molecule has 0 aliphatic carbocycles. The van der Waals surface area contributed by atoms with Gasteiger partial charge in [-0.2, -0.15) is 23.4 Å². The van der Waals surface area contributed by atoms with Gasteiger partial charge in [0.05, 0.1) is 17.6 Å². The van der Waals surface area contributed by atoms with Crippen molar-refractivity contribution in [3.8, 4) is 28.3 Å². The van der Waals surface area contributed by atoms with Crippen LogP contribution in [0, 0.1) is 5.82 Å². The summed E-state index contributed by atoms with van der Waals surface area (Å²) in [6.07, 6.45) is -0.280. The number of fused-ring (bicyclic) bond motifs is 7. The van der Waals surface area contributed by atoms with E-state index in [2.05, 4.69) is 15.2 Å². The molecule has 0 fully saturated rings. The molecule has 4 aromatic rings. The maximum absolute atomic E-state index is 14.2. The van der Waals surface area contributed by atoms with Crippen LogP contribution in [0.3, 0.4) is 0 Å². The number of hydrogen-bond acceptors (Lipinski definition) is 5. The van der Waals surface area contributed by atoms with E-state index in [1.165, 1.54) is 30.6 Å². The van der Waals surface area contributed by atoms with Gasteiger partial charge in [0.15, 0.2) is 11.6 Å². The predicted molar refractivity (Wildman–Crippen MR) is 116 cm³/mol. The van der Waals surface area contributed by atoms with Gasteiger partial charge in [0.1, 0.15) is 18.5 Å². The molecule has 1 unspecified atom stereocenters. The molecule has 0 saturated carbocycles. The number of nitrogen functional groups attached to an aromatic ring is 1. The van der Waals surface area contributed by atoms with Gasteiger partial charge in [-0.05, 0) is 31.2 Å². The van der Waals surface area contributed by atoms with E-state index in [1.54, 1.807) is 30.9 Å². The molecule has 1 aliphatic rings. The van der Waals surface area contributed by atoms with E-state index in [-0.39, 0.29) is 23.7 Å². The van der Waals surface area contributed by atoms with Crippen molar-refractivity contribution in [3.05, 3.63) is 65.4 Å². The zero-order valence-corrected chi connectivity index (χ0v) is 18.3. The number of pyridine rings is 1. The highest BCUT2D eigenvalue weighted by molar-refractivity contribution is 5.71. The van der Waals surface area contributed by atoms with Gasteiger partial charge in [0.2, 0.25) is 0 Å². The summed E-state index contributed by atoms with van der Waals surface area (Å²) < 4.78 is 62.7. The molecule has 0 amide bonds. The van der Waals surface area contributed by atoms with Gasteiger partial charge in [0.25, 0.3) is 0 Å². The Morgan fingerprint density at radius 1 is 1.18 bits per heavy atom. The molecule has 7 nitrogen and oxygen atoms in total. The van der Waals surface area contributed by atoms with Gasteiger partial charge in [-0.15, -0.1) is 0 Å². The number of alkyl halides is 3. The van der Waals surface area contributed by atoms with Gasteiger partial charge >= 0.3 is 6.18 Å². The maximum atomic E-state index is 14.2. The number of halogens is 4. The Morgan fingerprint density at radius 2 is 1.97 bits per heavy atom. The first-order valence-electron chi connectivity index (χ1n) is 10.5. The van der Waals surface area contributed by atoms with E-state index in [4.69, 9.17) is 10.5 Å². The number of nitrogens with zero attached hydrogens (tertiary/aromatic N) is 5. The highest BCUT2D eigenvalue weighted by atomic mass is 19.4. The number of aryl methyl sites for hydroxylation is 1. The summed E-state index contributed by atoms with van der Waals surface area (Å²) in [4.78, 5) is 4.14. The highest BCUT2D eigenvalue weighted by Crippen LogP contribution is 2.38. The molecular formula is C23H20F4N6O. The number of hydrogen-bond donors (Lipinski definition) is 1. The number of nitrogens with two attached hydrogens (primary N) is 1. The minimum Gasteiger partial charge on any atom is -0.482 e. The van der Waals surface area contributed by atoms with E-state index >= 15 is 0 Å². The van der Waals surface area contributed by atoms with Crippen molar-refractivity contribution in [1.82, 2.24) is 24.5 Å². The minimum absolute atomic E-state index is 0.0626. The number of benzene rings is 1. The zero-order valence-electron chi connectivity index (χ0n) is 18.3. The zero-order chi connectivity index (χ0) is 24.2. The summed E-state index contributed by atoms with van der Waals surface area (Å²) in [5, 5.41) is 8.59. The second-order valence-corrected chi connectivity index (χ2v) is 8.24. The minimum atomic E-state index is -4.47. The van der Waals surface area contributed by atoms with Crippen LogP contribution in [0.5, 0.6) is 5.75 Å². The van der Waals surface area contributed by atoms with E-state index in [9.17, 15) is 17.6 Å². The van der Waals surface area contributed by atoms with Crippen molar-refractivity contribution < 1.29 is 22.3 Å². The highest BCUT2D eigenvalue weighted by Gasteiger charge is 2.31. The summed E-state index contributed by atoms with van der Waals surface area (Å²) in [7, 11) is 1.75. The molecule has 3 aromatic heterocycles. The van der Waals surface area contributed by atoms with Gasteiger partial charge in [0, 0.05) is 53.7 Å². The van der Waals surface area contributed by atoms with Crippen molar-refractivity contribution in [1.29, 1.82) is 0 Å². The molecule has 2 bridgehead atoms. The van der Waals surface area contributed by atoms with Crippen LogP contribution in [0.1, 0.15) is 29.7 Å². The van der Waals surface area contributed by atoms with Gasteiger partial charge in [-0.25, -0.2) is 9.37 Å². The van der Waals surface area contributed by atoms with Crippen LogP contribution in [0.2, 0.25) is 0 Å². The lowest BCUT2D eigenvalue weighted by atomic mass is 9.95. The number of ether oxygens (including phenoxy) is 1. The first kappa shape index (κ1) is 21.9. The van der Waals surface area contributed by atoms with E-state index < -0.39 is 24.6 Å². The second-order valence-electron chi connectivity index (χ2n) is 8.24. The molecule has 0 saturated heterocycles. The van der Waals surface area contributed by atoms with E-state index in [0.29, 0.717) is 27.9 Å². The molecule has 1 aromatic carbocycles. The average molecular weight is 472 g/mol. The number of rotatable bonds is 1. The predicted octanol–water partition coefficient (Wildman–Crippen LogP) is 4.67. The Kier molecular flexibility index (Phi) is 5.07. The Hall–Kier alpha value is -3.89. The van der Waals surface area contributed by atoms with Crippen LogP contribution in [-0.2, 0) is 20.0 Å². The molecule has 0 spiro atoms. The van der Waals surface area contributed by atoms with Crippen molar-refractivity contribution in [3.63, 3.8) is 0 Å². The largest absolute Gasteiger partial charge is 0.482 e. The molecule has 2 N–H and O–H groups in total. The lowest BCUT2D eigenvalue weighted by molar-refractivity contribution is -0.142. The Balaban J connectivity index is 1.78. The summed E-state index contributed by atoms with van der Waals surface area (Å²) in [5.74, 6) is -0.199. The van der Waals surface area contributed by atoms with Crippen molar-refractivity contribution >= 4 is 5.82 Å². The molecular weight excluding hydrogens is 452 g/mol. The van der Waals surface area contributed by atoms with E-state index in [1.807, 2.05) is 0 Å². The number of anilines is 1. The molecule has 11 heteroatoms. The van der Waals surface area contributed by atoms with Crippen LogP contribution >= 0.6 is 0 Å². The monoisotopic (exact) mass is 472 g/mol. The summed E-state index contributed by atoms with van der Waals surface area (Å²) in [6, 6.07) is 5.87. The van der Waals surface area contributed by atoms with Crippen molar-refractivity contribution in [2.75, 3.05) is 5.73 Å². The topological polar surface area (TPSA) is 83.8 Å². The second kappa shape index (κ2) is 7.86. The Morgan fingerprint density at radius 3 is 2.74 bits per heavy atom. The Labute approximate surface area is 191 Å². The maximum Gasteiger partial charge on any atom is 0.408 e. The molecule has 0 radical (unpaired) electrons. The third-order valence-electron chi connectivity index (χ3n) is 5.70. The normalized spacial score (nSPS) is 15.4. The van der Waals surface area contributed by atoms with Crippen molar-refractivity contribution in [2.45, 2.75) is 32.2 Å². The van der Waals surface area contributed by atoms with Crippen molar-refractivity contribution in [2.24, 2.45) is 7.05 Å². The summed E-state index contributed by atoms with van der Waals surface area (Å²) >= 11 is 0. The fourth-order valence-electron chi connectivity index (χ4n) is 4.29. The summed E-state index contributed by atoms with van der Waals surface area (Å²) in [5.41, 5.74) is 9.73. The average Bonchev–Trinajstić information content (AvgIpc) is 3.30. The smallest absolute Gasteiger partial charge is 0.408 e. The van der Waals surface area contributed by atoms with Gasteiger partial charge in [-0.1, -0.05) is 0 Å². The SMILES string of the molecule is CC1Oc2cc(cnc2N)-c2c(cnn2CC(F)(F)F)Cc2cn(C)nc2-c2ccc(F)cc21. The molecule has 4 heterocycles. The molecule has 176 valence electrons. The first-order chi connectivity index (χ1) is 16.1. The fourth-order valence-corrected chi connectivity index (χ4v) is 4.29. The first-order valence-corrected chi connectivity index (χ1v) is 10.5. The standard InChI is InChI=1S/C23H20F4N6O/c1-12-18-7-16(24)3-4-17(18)20-15(10-32(2)31-20)5-13-9-30-33(11-23(25,26)27)21(13)14-6-19(34-12)22(28)29-8-14/h3-4,6-10,12H,5,11H2,1-2H3,(H2,28,29). The van der Waals surface area contributed by atoms with Crippen LogP contribution in [0.15, 0.2) is 42.9 Å². The van der Waals surface area contributed by atoms with Crippen LogP contribution in [0.25, 0.3) is 22.5 Å². The van der Waals surface area contributed by atoms with Gasteiger partial charge in [-0.3, -0.25) is 9.36 Å². The molecule has 5 rings (SSSR count). The van der Waals surface area contributed by atoms with Crippen LogP contribution < -0.4 is 10.5 Å². The third-order valence-corrected chi connectivity index (χ3v) is 5.70. The molecule has 1 aliphatic heterocycles. The molecule has 34 heavy (non-hydrogen) atoms. The van der Waals surface area contributed by atoms with Gasteiger partial charge < -0.3 is 10.5 Å². The Bertz CT molecular complexity index is 1390. The lowest BCUT2D eigenvalue weighted by Gasteiger charge is -2.21. The molecule has 1 atom stereocenters.